The number of aliphatic hydroxyl groups is 3. The highest BCUT2D eigenvalue weighted by Crippen LogP contribution is 2.29. The lowest BCUT2D eigenvalue weighted by Crippen LogP contribution is -2.40. The molecule has 0 bridgehead atoms. The van der Waals surface area contributed by atoms with Gasteiger partial charge in [-0.3, -0.25) is 0 Å². The number of fused-ring (bicyclic) bond motifs is 1. The van der Waals surface area contributed by atoms with Crippen LogP contribution < -0.4 is 0 Å². The molecule has 0 saturated carbocycles. The fourth-order valence-electron chi connectivity index (χ4n) is 1.92. The third-order valence-corrected chi connectivity index (χ3v) is 2.97. The fraction of sp³-hybridized carbons (Fsp3) is 0.385. The van der Waals surface area contributed by atoms with Crippen molar-refractivity contribution in [3.05, 3.63) is 36.0 Å². The average molecular weight is 235 g/mol. The van der Waals surface area contributed by atoms with Crippen LogP contribution in [0.3, 0.4) is 0 Å². The number of H-pyrrole nitrogens is 1. The summed E-state index contributed by atoms with van der Waals surface area (Å²) in [6.45, 7) is 2.94. The van der Waals surface area contributed by atoms with Gasteiger partial charge < -0.3 is 20.3 Å². The van der Waals surface area contributed by atoms with E-state index in [2.05, 4.69) is 4.98 Å². The maximum absolute atomic E-state index is 10.1. The maximum atomic E-state index is 10.1. The molecule has 17 heavy (non-hydrogen) atoms. The first kappa shape index (κ1) is 12.1. The Morgan fingerprint density at radius 2 is 1.88 bits per heavy atom. The Kier molecular flexibility index (Phi) is 2.95. The van der Waals surface area contributed by atoms with E-state index < -0.39 is 17.8 Å². The van der Waals surface area contributed by atoms with E-state index in [0.29, 0.717) is 5.56 Å². The second-order valence-corrected chi connectivity index (χ2v) is 4.83. The van der Waals surface area contributed by atoms with Crippen LogP contribution in [0.25, 0.3) is 10.9 Å². The van der Waals surface area contributed by atoms with Crippen molar-refractivity contribution in [1.29, 1.82) is 0 Å². The summed E-state index contributed by atoms with van der Waals surface area (Å²) in [5, 5.41) is 30.6. The Hall–Kier alpha value is -1.36. The minimum Gasteiger partial charge on any atom is -0.388 e. The largest absolute Gasteiger partial charge is 0.388 e. The zero-order valence-electron chi connectivity index (χ0n) is 9.88. The number of aromatic nitrogens is 1. The van der Waals surface area contributed by atoms with Crippen molar-refractivity contribution in [3.63, 3.8) is 0 Å². The standard InChI is InChI=1S/C13H17NO3/c1-13(2,17)12(16)11(15)9-4-3-5-10-8(9)6-7-14-10/h3-7,11-12,14-17H,1-2H3. The third-order valence-electron chi connectivity index (χ3n) is 2.97. The van der Waals surface area contributed by atoms with Crippen LogP contribution in [0.5, 0.6) is 0 Å². The Balaban J connectivity index is 2.43. The smallest absolute Gasteiger partial charge is 0.112 e. The van der Waals surface area contributed by atoms with Gasteiger partial charge in [0.2, 0.25) is 0 Å². The normalized spacial score (nSPS) is 16.1. The van der Waals surface area contributed by atoms with Crippen molar-refractivity contribution in [1.82, 2.24) is 4.98 Å². The number of benzene rings is 1. The predicted molar refractivity (Wildman–Crippen MR) is 65.6 cm³/mol. The summed E-state index contributed by atoms with van der Waals surface area (Å²) < 4.78 is 0. The van der Waals surface area contributed by atoms with Gasteiger partial charge in [0.25, 0.3) is 0 Å². The summed E-state index contributed by atoms with van der Waals surface area (Å²) in [5.74, 6) is 0. The fourth-order valence-corrected chi connectivity index (χ4v) is 1.92. The second kappa shape index (κ2) is 4.14. The molecule has 4 nitrogen and oxygen atoms in total. The lowest BCUT2D eigenvalue weighted by molar-refractivity contribution is -0.107. The summed E-state index contributed by atoms with van der Waals surface area (Å²) in [5.41, 5.74) is 0.153. The minimum absolute atomic E-state index is 0.610. The number of hydrogen-bond donors (Lipinski definition) is 4. The highest BCUT2D eigenvalue weighted by Gasteiger charge is 2.32. The van der Waals surface area contributed by atoms with E-state index in [1.54, 1.807) is 18.3 Å². The molecule has 2 unspecified atom stereocenters. The Labute approximate surface area is 99.5 Å². The molecule has 0 radical (unpaired) electrons. The quantitative estimate of drug-likeness (QED) is 0.648. The molecule has 0 aliphatic heterocycles. The molecule has 0 aliphatic rings. The van der Waals surface area contributed by atoms with Crippen LogP contribution in [0.15, 0.2) is 30.5 Å². The van der Waals surface area contributed by atoms with Crippen molar-refractivity contribution < 1.29 is 15.3 Å². The van der Waals surface area contributed by atoms with Crippen molar-refractivity contribution >= 4 is 10.9 Å². The Morgan fingerprint density at radius 1 is 1.18 bits per heavy atom. The lowest BCUT2D eigenvalue weighted by Gasteiger charge is -2.29. The van der Waals surface area contributed by atoms with Crippen LogP contribution in [-0.4, -0.2) is 32.0 Å². The Morgan fingerprint density at radius 3 is 2.53 bits per heavy atom. The molecule has 2 aromatic rings. The summed E-state index contributed by atoms with van der Waals surface area (Å²) in [6.07, 6.45) is -0.574. The molecule has 92 valence electrons. The molecule has 4 N–H and O–H groups in total. The van der Waals surface area contributed by atoms with Gasteiger partial charge in [-0.25, -0.2) is 0 Å². The SMILES string of the molecule is CC(C)(O)C(O)C(O)c1cccc2[nH]ccc12. The van der Waals surface area contributed by atoms with Crippen LogP contribution >= 0.6 is 0 Å². The molecule has 2 atom stereocenters. The molecular weight excluding hydrogens is 218 g/mol. The topological polar surface area (TPSA) is 76.5 Å². The molecule has 0 fully saturated rings. The van der Waals surface area contributed by atoms with Crippen molar-refractivity contribution in [2.75, 3.05) is 0 Å². The zero-order valence-corrected chi connectivity index (χ0v) is 9.88. The zero-order chi connectivity index (χ0) is 12.6. The van der Waals surface area contributed by atoms with Gasteiger partial charge in [-0.15, -0.1) is 0 Å². The van der Waals surface area contributed by atoms with Gasteiger partial charge in [0, 0.05) is 17.1 Å². The van der Waals surface area contributed by atoms with Crippen molar-refractivity contribution in [2.24, 2.45) is 0 Å². The third kappa shape index (κ3) is 2.20. The number of hydrogen-bond acceptors (Lipinski definition) is 3. The predicted octanol–water partition coefficient (Wildman–Crippen LogP) is 1.33. The lowest BCUT2D eigenvalue weighted by atomic mass is 9.91. The molecule has 1 aromatic heterocycles. The van der Waals surface area contributed by atoms with E-state index in [-0.39, 0.29) is 0 Å². The molecule has 2 rings (SSSR count). The average Bonchev–Trinajstić information content (AvgIpc) is 2.73. The number of aliphatic hydroxyl groups excluding tert-OH is 2. The maximum Gasteiger partial charge on any atom is 0.112 e. The van der Waals surface area contributed by atoms with Crippen LogP contribution in [0.1, 0.15) is 25.5 Å². The first-order chi connectivity index (χ1) is 7.91. The monoisotopic (exact) mass is 235 g/mol. The first-order valence-corrected chi connectivity index (χ1v) is 5.56. The number of rotatable bonds is 3. The molecule has 1 heterocycles. The van der Waals surface area contributed by atoms with E-state index in [4.69, 9.17) is 0 Å². The van der Waals surface area contributed by atoms with Gasteiger partial charge in [-0.2, -0.15) is 0 Å². The molecule has 4 heteroatoms. The van der Waals surface area contributed by atoms with Crippen LogP contribution in [0.2, 0.25) is 0 Å². The van der Waals surface area contributed by atoms with Gasteiger partial charge in [0.15, 0.2) is 0 Å². The second-order valence-electron chi connectivity index (χ2n) is 4.83. The molecule has 0 spiro atoms. The molecule has 1 aromatic carbocycles. The number of nitrogens with one attached hydrogen (secondary N) is 1. The molecular formula is C13H17NO3. The van der Waals surface area contributed by atoms with Crippen molar-refractivity contribution in [3.8, 4) is 0 Å². The summed E-state index contributed by atoms with van der Waals surface area (Å²) in [4.78, 5) is 3.04. The van der Waals surface area contributed by atoms with Crippen LogP contribution in [0, 0.1) is 0 Å². The highest BCUT2D eigenvalue weighted by atomic mass is 16.4. The first-order valence-electron chi connectivity index (χ1n) is 5.56. The molecule has 0 amide bonds. The Bertz CT molecular complexity index is 513. The summed E-state index contributed by atoms with van der Waals surface area (Å²) >= 11 is 0. The summed E-state index contributed by atoms with van der Waals surface area (Å²) in [7, 11) is 0. The highest BCUT2D eigenvalue weighted by molar-refractivity contribution is 5.83. The minimum atomic E-state index is -1.35. The van der Waals surface area contributed by atoms with Crippen molar-refractivity contribution in [2.45, 2.75) is 31.7 Å². The van der Waals surface area contributed by atoms with Gasteiger partial charge in [-0.1, -0.05) is 12.1 Å². The molecule has 0 saturated heterocycles. The van der Waals surface area contributed by atoms with E-state index >= 15 is 0 Å². The van der Waals surface area contributed by atoms with E-state index in [9.17, 15) is 15.3 Å². The summed E-state index contributed by atoms with van der Waals surface area (Å²) in [6, 6.07) is 7.28. The van der Waals surface area contributed by atoms with Gasteiger partial charge in [-0.05, 0) is 31.5 Å². The number of aromatic amines is 1. The van der Waals surface area contributed by atoms with Gasteiger partial charge in [0.05, 0.1) is 5.60 Å². The van der Waals surface area contributed by atoms with Gasteiger partial charge >= 0.3 is 0 Å². The van der Waals surface area contributed by atoms with E-state index in [1.807, 2.05) is 12.1 Å². The van der Waals surface area contributed by atoms with Crippen LogP contribution in [0.4, 0.5) is 0 Å². The van der Waals surface area contributed by atoms with E-state index in [1.165, 1.54) is 13.8 Å². The van der Waals surface area contributed by atoms with E-state index in [0.717, 1.165) is 10.9 Å². The van der Waals surface area contributed by atoms with Crippen LogP contribution in [-0.2, 0) is 0 Å². The molecule has 0 aliphatic carbocycles. The van der Waals surface area contributed by atoms with Gasteiger partial charge in [0.1, 0.15) is 12.2 Å².